The Morgan fingerprint density at radius 1 is 1.19 bits per heavy atom. The molecule has 0 aliphatic rings. The van der Waals surface area contributed by atoms with Crippen molar-refractivity contribution in [1.82, 2.24) is 15.6 Å². The van der Waals surface area contributed by atoms with Gasteiger partial charge in [0.1, 0.15) is 11.9 Å². The average Bonchev–Trinajstić information content (AvgIpc) is 2.64. The smallest absolute Gasteiger partial charge is 0.166 e. The Hall–Kier alpha value is -2.43. The van der Waals surface area contributed by atoms with Crippen LogP contribution >= 0.6 is 12.2 Å². The van der Waals surface area contributed by atoms with Crippen molar-refractivity contribution in [2.75, 3.05) is 38.2 Å². The maximum Gasteiger partial charge on any atom is 0.166 e. The number of nitriles is 1. The second kappa shape index (κ2) is 10.7. The standard InChI is InChI=1S/C20H27N5OS/c1-4-26-9-5-6-23-20(27)24-8-7-22-19-17(13-21)12-16-11-14(2)10-15(3)18(16)25-19/h10-12H,4-9H2,1-3H3,(H,22,25)(H2,23,24,27). The van der Waals surface area contributed by atoms with E-state index < -0.39 is 0 Å². The van der Waals surface area contributed by atoms with E-state index in [0.29, 0.717) is 29.6 Å². The highest BCUT2D eigenvalue weighted by Gasteiger charge is 2.08. The molecule has 0 bridgehead atoms. The van der Waals surface area contributed by atoms with Crippen LogP contribution in [0.25, 0.3) is 10.9 Å². The van der Waals surface area contributed by atoms with E-state index in [1.165, 1.54) is 0 Å². The highest BCUT2D eigenvalue weighted by Crippen LogP contribution is 2.23. The van der Waals surface area contributed by atoms with Gasteiger partial charge >= 0.3 is 0 Å². The summed E-state index contributed by atoms with van der Waals surface area (Å²) in [6, 6.07) is 8.27. The highest BCUT2D eigenvalue weighted by molar-refractivity contribution is 7.80. The summed E-state index contributed by atoms with van der Waals surface area (Å²) >= 11 is 5.24. The number of nitrogens with zero attached hydrogens (tertiary/aromatic N) is 2. The van der Waals surface area contributed by atoms with Crippen LogP contribution in [0.1, 0.15) is 30.0 Å². The van der Waals surface area contributed by atoms with Crippen molar-refractivity contribution >= 4 is 34.1 Å². The van der Waals surface area contributed by atoms with Crippen LogP contribution in [0.15, 0.2) is 18.2 Å². The predicted molar refractivity (Wildman–Crippen MR) is 114 cm³/mol. The van der Waals surface area contributed by atoms with Gasteiger partial charge in [-0.25, -0.2) is 4.98 Å². The lowest BCUT2D eigenvalue weighted by atomic mass is 10.1. The molecule has 0 atom stereocenters. The minimum Gasteiger partial charge on any atom is -0.382 e. The number of aromatic nitrogens is 1. The van der Waals surface area contributed by atoms with Gasteiger partial charge in [0.15, 0.2) is 5.11 Å². The fraction of sp³-hybridized carbons (Fsp3) is 0.450. The first-order chi connectivity index (χ1) is 13.0. The molecule has 1 aromatic carbocycles. The van der Waals surface area contributed by atoms with E-state index in [9.17, 15) is 5.26 Å². The van der Waals surface area contributed by atoms with Gasteiger partial charge in [0.2, 0.25) is 0 Å². The summed E-state index contributed by atoms with van der Waals surface area (Å²) in [6.45, 7) is 9.56. The minimum absolute atomic E-state index is 0.545. The van der Waals surface area contributed by atoms with Crippen LogP contribution in [-0.2, 0) is 4.74 Å². The third-order valence-electron chi connectivity index (χ3n) is 4.03. The molecule has 27 heavy (non-hydrogen) atoms. The number of hydrogen-bond acceptors (Lipinski definition) is 5. The SMILES string of the molecule is CCOCCCNC(=S)NCCNc1nc2c(C)cc(C)cc2cc1C#N. The summed E-state index contributed by atoms with van der Waals surface area (Å²) in [5, 5.41) is 20.6. The molecule has 0 spiro atoms. The summed E-state index contributed by atoms with van der Waals surface area (Å²) in [5.74, 6) is 0.606. The molecule has 0 fully saturated rings. The zero-order valence-corrected chi connectivity index (χ0v) is 17.0. The van der Waals surface area contributed by atoms with Crippen molar-refractivity contribution in [2.24, 2.45) is 0 Å². The zero-order chi connectivity index (χ0) is 19.6. The van der Waals surface area contributed by atoms with Gasteiger partial charge in [-0.2, -0.15) is 5.26 Å². The molecule has 0 saturated heterocycles. The summed E-state index contributed by atoms with van der Waals surface area (Å²) < 4.78 is 5.28. The Morgan fingerprint density at radius 3 is 2.70 bits per heavy atom. The quantitative estimate of drug-likeness (QED) is 0.452. The van der Waals surface area contributed by atoms with Crippen molar-refractivity contribution in [3.05, 3.63) is 34.9 Å². The molecular weight excluding hydrogens is 358 g/mol. The predicted octanol–water partition coefficient (Wildman–Crippen LogP) is 3.03. The lowest BCUT2D eigenvalue weighted by molar-refractivity contribution is 0.145. The van der Waals surface area contributed by atoms with Gasteiger partial charge in [-0.15, -0.1) is 0 Å². The van der Waals surface area contributed by atoms with E-state index in [4.69, 9.17) is 17.0 Å². The van der Waals surface area contributed by atoms with Crippen LogP contribution in [0.5, 0.6) is 0 Å². The fourth-order valence-electron chi connectivity index (χ4n) is 2.81. The minimum atomic E-state index is 0.545. The van der Waals surface area contributed by atoms with E-state index in [2.05, 4.69) is 39.1 Å². The van der Waals surface area contributed by atoms with Gasteiger partial charge in [0.25, 0.3) is 0 Å². The number of rotatable bonds is 9. The Kier molecular flexibility index (Phi) is 8.24. The second-order valence-corrected chi connectivity index (χ2v) is 6.72. The molecule has 3 N–H and O–H groups in total. The molecule has 1 aromatic heterocycles. The molecule has 2 aromatic rings. The number of pyridine rings is 1. The molecule has 2 rings (SSSR count). The monoisotopic (exact) mass is 385 g/mol. The Balaban J connectivity index is 1.86. The number of benzene rings is 1. The van der Waals surface area contributed by atoms with Gasteiger partial charge < -0.3 is 20.7 Å². The summed E-state index contributed by atoms with van der Waals surface area (Å²) in [6.07, 6.45) is 0.916. The third-order valence-corrected chi connectivity index (χ3v) is 4.32. The highest BCUT2D eigenvalue weighted by atomic mass is 32.1. The summed E-state index contributed by atoms with van der Waals surface area (Å²) in [5.41, 5.74) is 3.73. The fourth-order valence-corrected chi connectivity index (χ4v) is 3.02. The number of fused-ring (bicyclic) bond motifs is 1. The number of thiocarbonyl (C=S) groups is 1. The normalized spacial score (nSPS) is 10.4. The molecule has 0 unspecified atom stereocenters. The maximum absolute atomic E-state index is 9.43. The van der Waals surface area contributed by atoms with E-state index in [1.807, 2.05) is 26.8 Å². The first-order valence-electron chi connectivity index (χ1n) is 9.20. The van der Waals surface area contributed by atoms with Crippen LogP contribution in [0.3, 0.4) is 0 Å². The van der Waals surface area contributed by atoms with Crippen molar-refractivity contribution in [3.63, 3.8) is 0 Å². The third kappa shape index (κ3) is 6.35. The molecular formula is C20H27N5OS. The van der Waals surface area contributed by atoms with Crippen molar-refractivity contribution in [1.29, 1.82) is 5.26 Å². The van der Waals surface area contributed by atoms with Crippen LogP contribution in [-0.4, -0.2) is 42.9 Å². The first-order valence-corrected chi connectivity index (χ1v) is 9.61. The molecule has 7 heteroatoms. The van der Waals surface area contributed by atoms with Gasteiger partial charge in [-0.3, -0.25) is 0 Å². The Labute approximate surface area is 166 Å². The molecule has 0 radical (unpaired) electrons. The molecule has 0 amide bonds. The van der Waals surface area contributed by atoms with Crippen LogP contribution in [0, 0.1) is 25.2 Å². The number of nitrogens with one attached hydrogen (secondary N) is 3. The zero-order valence-electron chi connectivity index (χ0n) is 16.2. The first kappa shape index (κ1) is 20.9. The number of anilines is 1. The number of aryl methyl sites for hydroxylation is 2. The van der Waals surface area contributed by atoms with Gasteiger partial charge in [0, 0.05) is 38.2 Å². The maximum atomic E-state index is 9.43. The molecule has 0 aliphatic carbocycles. The van der Waals surface area contributed by atoms with Crippen LogP contribution in [0.4, 0.5) is 5.82 Å². The molecule has 144 valence electrons. The van der Waals surface area contributed by atoms with E-state index in [-0.39, 0.29) is 0 Å². The van der Waals surface area contributed by atoms with Gasteiger partial charge in [0.05, 0.1) is 11.1 Å². The van der Waals surface area contributed by atoms with Crippen molar-refractivity contribution < 1.29 is 4.74 Å². The van der Waals surface area contributed by atoms with E-state index in [1.54, 1.807) is 0 Å². The van der Waals surface area contributed by atoms with Crippen molar-refractivity contribution in [3.8, 4) is 6.07 Å². The van der Waals surface area contributed by atoms with E-state index >= 15 is 0 Å². The molecule has 1 heterocycles. The Bertz CT molecular complexity index is 831. The lowest BCUT2D eigenvalue weighted by Gasteiger charge is -2.13. The second-order valence-electron chi connectivity index (χ2n) is 6.31. The van der Waals surface area contributed by atoms with Crippen LogP contribution < -0.4 is 16.0 Å². The summed E-state index contributed by atoms with van der Waals surface area (Å²) in [7, 11) is 0. The number of hydrogen-bond donors (Lipinski definition) is 3. The largest absolute Gasteiger partial charge is 0.382 e. The van der Waals surface area contributed by atoms with E-state index in [0.717, 1.165) is 48.2 Å². The van der Waals surface area contributed by atoms with Crippen molar-refractivity contribution in [2.45, 2.75) is 27.2 Å². The molecule has 0 saturated carbocycles. The average molecular weight is 386 g/mol. The number of ether oxygens (including phenoxy) is 1. The molecule has 0 aliphatic heterocycles. The van der Waals surface area contributed by atoms with Gasteiger partial charge in [-0.1, -0.05) is 11.6 Å². The lowest BCUT2D eigenvalue weighted by Crippen LogP contribution is -2.38. The summed E-state index contributed by atoms with van der Waals surface area (Å²) in [4.78, 5) is 4.66. The van der Waals surface area contributed by atoms with Gasteiger partial charge in [-0.05, 0) is 57.1 Å². The van der Waals surface area contributed by atoms with Crippen LogP contribution in [0.2, 0.25) is 0 Å². The Morgan fingerprint density at radius 2 is 1.96 bits per heavy atom. The molecule has 6 nitrogen and oxygen atoms in total. The topological polar surface area (TPSA) is 82.0 Å².